The molecule has 0 aliphatic heterocycles. The number of benzene rings is 1. The molecule has 1 aromatic carbocycles. The van der Waals surface area contributed by atoms with E-state index < -0.39 is 0 Å². The van der Waals surface area contributed by atoms with Crippen molar-refractivity contribution in [3.8, 4) is 5.75 Å². The third-order valence-electron chi connectivity index (χ3n) is 3.43. The van der Waals surface area contributed by atoms with Crippen LogP contribution in [0.5, 0.6) is 5.75 Å². The van der Waals surface area contributed by atoms with Gasteiger partial charge in [-0.1, -0.05) is 25.0 Å². The van der Waals surface area contributed by atoms with E-state index in [0.717, 1.165) is 12.5 Å². The molecule has 0 amide bonds. The average Bonchev–Trinajstić information content (AvgIpc) is 2.74. The minimum atomic E-state index is 0.349. The number of rotatable bonds is 4. The largest absolute Gasteiger partial charge is 0.508 e. The monoisotopic (exact) mass is 219 g/mol. The molecule has 0 saturated heterocycles. The summed E-state index contributed by atoms with van der Waals surface area (Å²) in [5.41, 5.74) is 1.28. The van der Waals surface area contributed by atoms with Gasteiger partial charge in [0.25, 0.3) is 0 Å². The summed E-state index contributed by atoms with van der Waals surface area (Å²) in [6.07, 6.45) is 5.63. The van der Waals surface area contributed by atoms with E-state index in [9.17, 15) is 5.11 Å². The first-order chi connectivity index (χ1) is 7.74. The fourth-order valence-electron chi connectivity index (χ4n) is 2.61. The molecule has 0 aromatic heterocycles. The molecular formula is C14H21NO. The van der Waals surface area contributed by atoms with E-state index in [1.807, 2.05) is 12.1 Å². The first-order valence-electron chi connectivity index (χ1n) is 6.20. The number of hydrogen-bond donors (Lipinski definition) is 1. The average molecular weight is 219 g/mol. The summed E-state index contributed by atoms with van der Waals surface area (Å²) in [4.78, 5) is 2.39. The summed E-state index contributed by atoms with van der Waals surface area (Å²) in [6.45, 7) is 2.19. The molecule has 0 bridgehead atoms. The first kappa shape index (κ1) is 11.5. The van der Waals surface area contributed by atoms with E-state index in [1.54, 1.807) is 12.1 Å². The number of phenols is 1. The summed E-state index contributed by atoms with van der Waals surface area (Å²) >= 11 is 0. The zero-order valence-corrected chi connectivity index (χ0v) is 10.0. The van der Waals surface area contributed by atoms with E-state index in [1.165, 1.54) is 37.8 Å². The maximum atomic E-state index is 9.21. The van der Waals surface area contributed by atoms with Crippen LogP contribution < -0.4 is 0 Å². The van der Waals surface area contributed by atoms with Gasteiger partial charge in [0, 0.05) is 13.1 Å². The first-order valence-corrected chi connectivity index (χ1v) is 6.20. The van der Waals surface area contributed by atoms with Crippen molar-refractivity contribution in [1.29, 1.82) is 0 Å². The van der Waals surface area contributed by atoms with E-state index in [4.69, 9.17) is 0 Å². The van der Waals surface area contributed by atoms with Crippen molar-refractivity contribution in [2.45, 2.75) is 32.2 Å². The van der Waals surface area contributed by atoms with Gasteiger partial charge in [-0.15, -0.1) is 0 Å². The van der Waals surface area contributed by atoms with Crippen molar-refractivity contribution in [2.75, 3.05) is 13.6 Å². The highest BCUT2D eigenvalue weighted by molar-refractivity contribution is 5.25. The van der Waals surface area contributed by atoms with Crippen LogP contribution in [0.15, 0.2) is 24.3 Å². The second-order valence-corrected chi connectivity index (χ2v) is 5.01. The summed E-state index contributed by atoms with van der Waals surface area (Å²) in [7, 11) is 2.19. The third-order valence-corrected chi connectivity index (χ3v) is 3.43. The van der Waals surface area contributed by atoms with Crippen LogP contribution in [0.2, 0.25) is 0 Å². The highest BCUT2D eigenvalue weighted by Crippen LogP contribution is 2.25. The van der Waals surface area contributed by atoms with Gasteiger partial charge in [0.05, 0.1) is 0 Å². The van der Waals surface area contributed by atoms with Crippen LogP contribution in [0.4, 0.5) is 0 Å². The van der Waals surface area contributed by atoms with Crippen molar-refractivity contribution in [1.82, 2.24) is 4.90 Å². The van der Waals surface area contributed by atoms with Gasteiger partial charge in [-0.3, -0.25) is 0 Å². The van der Waals surface area contributed by atoms with Gasteiger partial charge in [0.2, 0.25) is 0 Å². The standard InChI is InChI=1S/C14H21NO/c1-15(10-12-4-2-3-5-12)11-13-6-8-14(16)9-7-13/h6-9,12,16H,2-5,10-11H2,1H3. The number of aromatic hydroxyl groups is 1. The predicted molar refractivity (Wildman–Crippen MR) is 66.4 cm³/mol. The molecule has 16 heavy (non-hydrogen) atoms. The molecule has 0 atom stereocenters. The van der Waals surface area contributed by atoms with Crippen LogP contribution in [0.25, 0.3) is 0 Å². The topological polar surface area (TPSA) is 23.5 Å². The van der Waals surface area contributed by atoms with Crippen molar-refractivity contribution < 1.29 is 5.11 Å². The lowest BCUT2D eigenvalue weighted by Gasteiger charge is -2.20. The zero-order valence-electron chi connectivity index (χ0n) is 10.0. The SMILES string of the molecule is CN(Cc1ccc(O)cc1)CC1CCCC1. The Morgan fingerprint density at radius 1 is 1.19 bits per heavy atom. The highest BCUT2D eigenvalue weighted by atomic mass is 16.3. The number of hydrogen-bond acceptors (Lipinski definition) is 2. The minimum Gasteiger partial charge on any atom is -0.508 e. The molecule has 0 heterocycles. The Balaban J connectivity index is 1.81. The number of nitrogens with zero attached hydrogens (tertiary/aromatic N) is 1. The molecule has 1 aliphatic carbocycles. The van der Waals surface area contributed by atoms with Crippen LogP contribution in [-0.4, -0.2) is 23.6 Å². The Kier molecular flexibility index (Phi) is 3.83. The van der Waals surface area contributed by atoms with Crippen molar-refractivity contribution >= 4 is 0 Å². The van der Waals surface area contributed by atoms with Gasteiger partial charge in [0.15, 0.2) is 0 Å². The Morgan fingerprint density at radius 2 is 1.81 bits per heavy atom. The van der Waals surface area contributed by atoms with Crippen molar-refractivity contribution in [2.24, 2.45) is 5.92 Å². The summed E-state index contributed by atoms with van der Waals surface area (Å²) < 4.78 is 0. The third kappa shape index (κ3) is 3.24. The Labute approximate surface area is 97.9 Å². The van der Waals surface area contributed by atoms with Crippen LogP contribution >= 0.6 is 0 Å². The molecule has 2 rings (SSSR count). The zero-order chi connectivity index (χ0) is 11.4. The molecule has 1 fully saturated rings. The molecule has 88 valence electrons. The summed E-state index contributed by atoms with van der Waals surface area (Å²) in [6, 6.07) is 7.53. The quantitative estimate of drug-likeness (QED) is 0.841. The fourth-order valence-corrected chi connectivity index (χ4v) is 2.61. The van der Waals surface area contributed by atoms with E-state index in [-0.39, 0.29) is 0 Å². The van der Waals surface area contributed by atoms with Gasteiger partial charge in [-0.25, -0.2) is 0 Å². The fraction of sp³-hybridized carbons (Fsp3) is 0.571. The predicted octanol–water partition coefficient (Wildman–Crippen LogP) is 3.01. The molecule has 2 heteroatoms. The molecule has 0 unspecified atom stereocenters. The summed E-state index contributed by atoms with van der Waals surface area (Å²) in [5, 5.41) is 9.21. The van der Waals surface area contributed by atoms with E-state index in [0.29, 0.717) is 5.75 Å². The molecule has 0 radical (unpaired) electrons. The van der Waals surface area contributed by atoms with Gasteiger partial charge in [0.1, 0.15) is 5.75 Å². The second-order valence-electron chi connectivity index (χ2n) is 5.01. The lowest BCUT2D eigenvalue weighted by molar-refractivity contribution is 0.271. The maximum absolute atomic E-state index is 9.21. The Hall–Kier alpha value is -1.02. The van der Waals surface area contributed by atoms with Crippen molar-refractivity contribution in [3.63, 3.8) is 0 Å². The van der Waals surface area contributed by atoms with Crippen molar-refractivity contribution in [3.05, 3.63) is 29.8 Å². The molecule has 1 N–H and O–H groups in total. The molecule has 0 spiro atoms. The molecule has 1 aromatic rings. The second kappa shape index (κ2) is 5.35. The van der Waals surface area contributed by atoms with Crippen LogP contribution in [0.3, 0.4) is 0 Å². The van der Waals surface area contributed by atoms with Gasteiger partial charge < -0.3 is 10.0 Å². The molecule has 1 saturated carbocycles. The lowest BCUT2D eigenvalue weighted by atomic mass is 10.1. The molecule has 2 nitrogen and oxygen atoms in total. The Morgan fingerprint density at radius 3 is 2.44 bits per heavy atom. The molecule has 1 aliphatic rings. The van der Waals surface area contributed by atoms with Gasteiger partial charge >= 0.3 is 0 Å². The van der Waals surface area contributed by atoms with E-state index >= 15 is 0 Å². The highest BCUT2D eigenvalue weighted by Gasteiger charge is 2.16. The van der Waals surface area contributed by atoms with E-state index in [2.05, 4.69) is 11.9 Å². The van der Waals surface area contributed by atoms with Crippen LogP contribution in [0, 0.1) is 5.92 Å². The molecular weight excluding hydrogens is 198 g/mol. The van der Waals surface area contributed by atoms with Crippen LogP contribution in [-0.2, 0) is 6.54 Å². The minimum absolute atomic E-state index is 0.349. The van der Waals surface area contributed by atoms with Crippen LogP contribution in [0.1, 0.15) is 31.2 Å². The lowest BCUT2D eigenvalue weighted by Crippen LogP contribution is -2.23. The maximum Gasteiger partial charge on any atom is 0.115 e. The number of phenolic OH excluding ortho intramolecular Hbond substituents is 1. The summed E-state index contributed by atoms with van der Waals surface area (Å²) in [5.74, 6) is 1.25. The van der Waals surface area contributed by atoms with Gasteiger partial charge in [-0.2, -0.15) is 0 Å². The normalized spacial score (nSPS) is 17.1. The smallest absolute Gasteiger partial charge is 0.115 e. The van der Waals surface area contributed by atoms with Gasteiger partial charge in [-0.05, 0) is 43.5 Å². The Bertz CT molecular complexity index is 314.